The van der Waals surface area contributed by atoms with Crippen LogP contribution in [0, 0.1) is 0 Å². The van der Waals surface area contributed by atoms with Crippen molar-refractivity contribution in [1.29, 1.82) is 0 Å². The zero-order chi connectivity index (χ0) is 30.7. The normalized spacial score (nSPS) is 21.7. The molecule has 6 nitrogen and oxygen atoms in total. The van der Waals surface area contributed by atoms with Crippen molar-refractivity contribution >= 4 is 56.4 Å². The SMILES string of the molecule is CCOC(=O)[C@H]1[C@H](c2ccc(Cl)cc2)N(Cc2ccccc2)[C@H](c2ccc(Cl)cc2)[C@@H](C(=O)c2ccc(Cl)cc2)S1(=O)=O. The van der Waals surface area contributed by atoms with Crippen molar-refractivity contribution in [2.45, 2.75) is 36.1 Å². The van der Waals surface area contributed by atoms with E-state index < -0.39 is 44.2 Å². The Morgan fingerprint density at radius 1 is 0.698 bits per heavy atom. The molecule has 1 aliphatic heterocycles. The zero-order valence-electron chi connectivity index (χ0n) is 23.1. The first-order valence-corrected chi connectivity index (χ1v) is 16.4. The van der Waals surface area contributed by atoms with E-state index in [-0.39, 0.29) is 18.7 Å². The van der Waals surface area contributed by atoms with E-state index in [1.807, 2.05) is 35.2 Å². The highest BCUT2D eigenvalue weighted by Crippen LogP contribution is 2.48. The first-order valence-electron chi connectivity index (χ1n) is 13.6. The van der Waals surface area contributed by atoms with Crippen molar-refractivity contribution in [3.05, 3.63) is 140 Å². The number of sulfone groups is 1. The van der Waals surface area contributed by atoms with Gasteiger partial charge in [0.05, 0.1) is 18.7 Å². The number of nitrogens with zero attached hydrogens (tertiary/aromatic N) is 1. The Morgan fingerprint density at radius 3 is 1.65 bits per heavy atom. The van der Waals surface area contributed by atoms with Crippen LogP contribution < -0.4 is 0 Å². The summed E-state index contributed by atoms with van der Waals surface area (Å²) in [5.74, 6) is -1.58. The van der Waals surface area contributed by atoms with Crippen molar-refractivity contribution in [3.8, 4) is 0 Å². The number of ether oxygens (including phenoxy) is 1. The van der Waals surface area contributed by atoms with Crippen LogP contribution in [0.4, 0.5) is 0 Å². The van der Waals surface area contributed by atoms with E-state index in [0.29, 0.717) is 26.2 Å². The lowest BCUT2D eigenvalue weighted by atomic mass is 9.90. The highest BCUT2D eigenvalue weighted by atomic mass is 35.5. The highest BCUT2D eigenvalue weighted by Gasteiger charge is 2.59. The van der Waals surface area contributed by atoms with Crippen LogP contribution >= 0.6 is 34.8 Å². The summed E-state index contributed by atoms with van der Waals surface area (Å²) in [6.07, 6.45) is 0. The minimum atomic E-state index is -4.55. The van der Waals surface area contributed by atoms with Gasteiger partial charge in [-0.2, -0.15) is 0 Å². The molecule has 5 rings (SSSR count). The summed E-state index contributed by atoms with van der Waals surface area (Å²) >= 11 is 18.5. The number of Topliss-reactive ketones (excluding diaryl/α,β-unsaturated/α-hetero) is 1. The highest BCUT2D eigenvalue weighted by molar-refractivity contribution is 7.94. The molecule has 1 fully saturated rings. The summed E-state index contributed by atoms with van der Waals surface area (Å²) in [5, 5.41) is -2.06. The third-order valence-electron chi connectivity index (χ3n) is 7.53. The third kappa shape index (κ3) is 6.52. The Morgan fingerprint density at radius 2 is 1.16 bits per heavy atom. The molecule has 0 amide bonds. The smallest absolute Gasteiger partial charge is 0.326 e. The topological polar surface area (TPSA) is 80.8 Å². The standard InChI is InChI=1S/C33H28Cl3NO5S/c1-2-42-33(39)32-29(23-10-16-26(35)17-11-23)37(20-21-6-4-3-5-7-21)28(22-8-14-25(34)15-9-22)31(43(32,40)41)30(38)24-12-18-27(36)19-13-24/h3-19,28-29,31-32H,2,20H2,1H3/t28-,29+,31+,32-/m1/s1. The summed E-state index contributed by atoms with van der Waals surface area (Å²) in [6.45, 7) is 1.80. The van der Waals surface area contributed by atoms with E-state index in [4.69, 9.17) is 39.5 Å². The molecule has 0 radical (unpaired) electrons. The van der Waals surface area contributed by atoms with E-state index in [0.717, 1.165) is 5.56 Å². The van der Waals surface area contributed by atoms with Gasteiger partial charge in [-0.3, -0.25) is 14.5 Å². The molecule has 1 saturated heterocycles. The Kier molecular flexibility index (Phi) is 9.59. The van der Waals surface area contributed by atoms with Crippen molar-refractivity contribution in [2.75, 3.05) is 6.61 Å². The first kappa shape index (κ1) is 31.2. The summed E-state index contributed by atoms with van der Waals surface area (Å²) in [5.41, 5.74) is 2.11. The quantitative estimate of drug-likeness (QED) is 0.144. The number of halogens is 3. The Balaban J connectivity index is 1.81. The van der Waals surface area contributed by atoms with E-state index in [2.05, 4.69) is 0 Å². The maximum atomic E-state index is 14.8. The van der Waals surface area contributed by atoms with Gasteiger partial charge in [0, 0.05) is 27.2 Å². The van der Waals surface area contributed by atoms with Crippen molar-refractivity contribution in [2.24, 2.45) is 0 Å². The lowest BCUT2D eigenvalue weighted by Gasteiger charge is -2.48. The number of esters is 1. The van der Waals surface area contributed by atoms with Crippen LogP contribution in [0.15, 0.2) is 103 Å². The van der Waals surface area contributed by atoms with Crippen LogP contribution in [-0.4, -0.2) is 42.2 Å². The van der Waals surface area contributed by atoms with Gasteiger partial charge in [-0.1, -0.05) is 89.4 Å². The van der Waals surface area contributed by atoms with Crippen molar-refractivity contribution in [1.82, 2.24) is 4.90 Å². The van der Waals surface area contributed by atoms with E-state index in [9.17, 15) is 18.0 Å². The van der Waals surface area contributed by atoms with Gasteiger partial charge >= 0.3 is 5.97 Å². The molecule has 0 saturated carbocycles. The molecular formula is C33H28Cl3NO5S. The molecule has 222 valence electrons. The third-order valence-corrected chi connectivity index (χ3v) is 10.6. The summed E-state index contributed by atoms with van der Waals surface area (Å²) in [7, 11) is -4.55. The molecule has 4 aromatic rings. The van der Waals surface area contributed by atoms with Crippen LogP contribution in [0.25, 0.3) is 0 Å². The maximum absolute atomic E-state index is 14.8. The van der Waals surface area contributed by atoms with Gasteiger partial charge in [-0.05, 0) is 72.1 Å². The second kappa shape index (κ2) is 13.2. The van der Waals surface area contributed by atoms with Gasteiger partial charge in [-0.15, -0.1) is 0 Å². The van der Waals surface area contributed by atoms with Gasteiger partial charge in [0.2, 0.25) is 0 Å². The Bertz CT molecular complexity index is 1700. The number of hydrogen-bond acceptors (Lipinski definition) is 6. The van der Waals surface area contributed by atoms with Gasteiger partial charge in [0.1, 0.15) is 5.25 Å². The second-order valence-corrected chi connectivity index (χ2v) is 13.7. The fraction of sp³-hybridized carbons (Fsp3) is 0.212. The van der Waals surface area contributed by atoms with Crippen LogP contribution in [0.1, 0.15) is 46.1 Å². The van der Waals surface area contributed by atoms with Crippen molar-refractivity contribution in [3.63, 3.8) is 0 Å². The summed E-state index contributed by atoms with van der Waals surface area (Å²) < 4.78 is 34.9. The lowest BCUT2D eigenvalue weighted by Crippen LogP contribution is -2.60. The number of carbonyl (C=O) groups is 2. The predicted octanol–water partition coefficient (Wildman–Crippen LogP) is 7.54. The predicted molar refractivity (Wildman–Crippen MR) is 169 cm³/mol. The average molecular weight is 657 g/mol. The van der Waals surface area contributed by atoms with E-state index >= 15 is 0 Å². The first-order chi connectivity index (χ1) is 20.6. The van der Waals surface area contributed by atoms with E-state index in [1.54, 1.807) is 55.5 Å². The Labute approximate surface area is 266 Å². The minimum absolute atomic E-state index is 0.0344. The number of ketones is 1. The monoisotopic (exact) mass is 655 g/mol. The van der Waals surface area contributed by atoms with Gasteiger partial charge < -0.3 is 4.74 Å². The molecule has 1 heterocycles. The molecular weight excluding hydrogens is 629 g/mol. The lowest BCUT2D eigenvalue weighted by molar-refractivity contribution is -0.144. The molecule has 0 N–H and O–H groups in total. The Hall–Kier alpha value is -3.20. The fourth-order valence-electron chi connectivity index (χ4n) is 5.64. The largest absolute Gasteiger partial charge is 0.465 e. The molecule has 10 heteroatoms. The van der Waals surface area contributed by atoms with E-state index in [1.165, 1.54) is 24.3 Å². The van der Waals surface area contributed by atoms with Crippen molar-refractivity contribution < 1.29 is 22.7 Å². The van der Waals surface area contributed by atoms with Gasteiger partial charge in [-0.25, -0.2) is 8.42 Å². The summed E-state index contributed by atoms with van der Waals surface area (Å²) in [4.78, 5) is 29.9. The molecule has 1 aliphatic rings. The van der Waals surface area contributed by atoms with Gasteiger partial charge in [0.25, 0.3) is 0 Å². The number of rotatable bonds is 8. The molecule has 4 atom stereocenters. The number of benzene rings is 4. The summed E-state index contributed by atoms with van der Waals surface area (Å²) in [6, 6.07) is 26.9. The molecule has 0 bridgehead atoms. The molecule has 0 aliphatic carbocycles. The van der Waals surface area contributed by atoms with Crippen LogP contribution in [0.3, 0.4) is 0 Å². The number of carbonyl (C=O) groups excluding carboxylic acids is 2. The van der Waals surface area contributed by atoms with Crippen LogP contribution in [0.5, 0.6) is 0 Å². The van der Waals surface area contributed by atoms with Gasteiger partial charge in [0.15, 0.2) is 20.9 Å². The van der Waals surface area contributed by atoms with Crippen LogP contribution in [0.2, 0.25) is 15.1 Å². The molecule has 4 aromatic carbocycles. The maximum Gasteiger partial charge on any atom is 0.326 e. The van der Waals surface area contributed by atoms with Crippen LogP contribution in [-0.2, 0) is 25.9 Å². The fourth-order valence-corrected chi connectivity index (χ4v) is 8.45. The average Bonchev–Trinajstić information content (AvgIpc) is 2.99. The minimum Gasteiger partial charge on any atom is -0.465 e. The second-order valence-electron chi connectivity index (χ2n) is 10.2. The molecule has 0 unspecified atom stereocenters. The molecule has 43 heavy (non-hydrogen) atoms. The zero-order valence-corrected chi connectivity index (χ0v) is 26.2. The molecule has 0 aromatic heterocycles. The number of hydrogen-bond donors (Lipinski definition) is 0. The molecule has 0 spiro atoms.